The molecule has 1 aromatic carbocycles. The summed E-state index contributed by atoms with van der Waals surface area (Å²) in [5.41, 5.74) is 1.00. The summed E-state index contributed by atoms with van der Waals surface area (Å²) in [5.74, 6) is 1.30. The molecule has 0 spiro atoms. The number of aryl methyl sites for hydroxylation is 1. The molecule has 1 amide bonds. The number of nitrogens with one attached hydrogen (secondary N) is 1. The van der Waals surface area contributed by atoms with E-state index in [0.29, 0.717) is 12.3 Å². The maximum atomic E-state index is 11.7. The lowest BCUT2D eigenvalue weighted by Crippen LogP contribution is -2.27. The molecule has 0 radical (unpaired) electrons. The molecule has 112 valence electrons. The normalized spacial score (nSPS) is 10.6. The zero-order chi connectivity index (χ0) is 15.1. The Morgan fingerprint density at radius 1 is 1.33 bits per heavy atom. The Morgan fingerprint density at radius 2 is 2.10 bits per heavy atom. The Hall–Kier alpha value is -0.690. The van der Waals surface area contributed by atoms with Crippen molar-refractivity contribution in [1.29, 1.82) is 0 Å². The van der Waals surface area contributed by atoms with Crippen LogP contribution in [0, 0.1) is 6.92 Å². The van der Waals surface area contributed by atoms with E-state index < -0.39 is 0 Å². The number of carbonyl (C=O) groups excluding carboxylic acids is 1. The van der Waals surface area contributed by atoms with Gasteiger partial charge in [0.25, 0.3) is 0 Å². The summed E-state index contributed by atoms with van der Waals surface area (Å²) in [6, 6.07) is 7.70. The van der Waals surface area contributed by atoms with Gasteiger partial charge in [-0.2, -0.15) is 0 Å². The summed E-state index contributed by atoms with van der Waals surface area (Å²) in [7, 11) is 0. The molecule has 2 aromatic rings. The van der Waals surface area contributed by atoms with Crippen molar-refractivity contribution in [2.75, 3.05) is 18.1 Å². The van der Waals surface area contributed by atoms with Crippen LogP contribution in [0.5, 0.6) is 0 Å². The predicted octanol–water partition coefficient (Wildman–Crippen LogP) is 4.11. The van der Waals surface area contributed by atoms with Crippen molar-refractivity contribution in [2.24, 2.45) is 0 Å². The van der Waals surface area contributed by atoms with Gasteiger partial charge in [-0.1, -0.05) is 23.4 Å². The third-order valence-electron chi connectivity index (χ3n) is 2.43. The van der Waals surface area contributed by atoms with E-state index in [9.17, 15) is 4.79 Å². The van der Waals surface area contributed by atoms with E-state index in [4.69, 9.17) is 11.6 Å². The van der Waals surface area contributed by atoms with Gasteiger partial charge in [0.15, 0.2) is 4.34 Å². The fraction of sp³-hybridized carbons (Fsp3) is 0.286. The lowest BCUT2D eigenvalue weighted by molar-refractivity contribution is -0.118. The number of rotatable bonds is 7. The predicted molar refractivity (Wildman–Crippen MR) is 92.8 cm³/mol. The lowest BCUT2D eigenvalue weighted by atomic mass is 10.4. The molecule has 0 aliphatic carbocycles. The van der Waals surface area contributed by atoms with Crippen molar-refractivity contribution >= 4 is 52.4 Å². The third-order valence-corrected chi connectivity index (χ3v) is 5.84. The van der Waals surface area contributed by atoms with Crippen LogP contribution in [0.15, 0.2) is 38.9 Å². The summed E-state index contributed by atoms with van der Waals surface area (Å²) in [6.07, 6.45) is 0. The first-order chi connectivity index (χ1) is 10.1. The van der Waals surface area contributed by atoms with E-state index in [0.717, 1.165) is 25.7 Å². The Labute approximate surface area is 141 Å². The van der Waals surface area contributed by atoms with Gasteiger partial charge < -0.3 is 5.32 Å². The Bertz CT molecular complexity index is 586. The summed E-state index contributed by atoms with van der Waals surface area (Å²) < 4.78 is 0.943. The Balaban J connectivity index is 1.59. The highest BCUT2D eigenvalue weighted by Crippen LogP contribution is 2.22. The topological polar surface area (TPSA) is 42.0 Å². The number of thioether (sulfide) groups is 2. The molecule has 0 bridgehead atoms. The van der Waals surface area contributed by atoms with Crippen molar-refractivity contribution < 1.29 is 4.79 Å². The van der Waals surface area contributed by atoms with E-state index in [1.54, 1.807) is 23.1 Å². The molecule has 0 atom stereocenters. The third kappa shape index (κ3) is 6.30. The smallest absolute Gasteiger partial charge is 0.230 e. The van der Waals surface area contributed by atoms with Gasteiger partial charge in [0.2, 0.25) is 5.91 Å². The standard InChI is InChI=1S/C14H15ClN2OS3/c1-10-8-20-14(17-10)21-9-13(18)16-6-7-19-12-4-2-11(15)3-5-12/h2-5,8H,6-7,9H2,1H3,(H,16,18). The molecule has 3 nitrogen and oxygen atoms in total. The number of aromatic nitrogens is 1. The van der Waals surface area contributed by atoms with Crippen molar-refractivity contribution in [3.8, 4) is 0 Å². The van der Waals surface area contributed by atoms with Crippen molar-refractivity contribution in [3.05, 3.63) is 40.4 Å². The van der Waals surface area contributed by atoms with Gasteiger partial charge in [0, 0.05) is 33.3 Å². The molecular formula is C14H15ClN2OS3. The van der Waals surface area contributed by atoms with Crippen LogP contribution in [0.2, 0.25) is 5.02 Å². The second kappa shape index (κ2) is 8.68. The molecule has 0 unspecified atom stereocenters. The summed E-state index contributed by atoms with van der Waals surface area (Å²) in [4.78, 5) is 17.2. The number of hydrogen-bond acceptors (Lipinski definition) is 5. The van der Waals surface area contributed by atoms with E-state index in [2.05, 4.69) is 10.3 Å². The van der Waals surface area contributed by atoms with Crippen LogP contribution in [0.25, 0.3) is 0 Å². The number of benzene rings is 1. The Morgan fingerprint density at radius 3 is 2.76 bits per heavy atom. The molecule has 2 rings (SSSR count). The molecule has 1 N–H and O–H groups in total. The van der Waals surface area contributed by atoms with Crippen LogP contribution in [0.1, 0.15) is 5.69 Å². The lowest BCUT2D eigenvalue weighted by Gasteiger charge is -2.04. The molecule has 21 heavy (non-hydrogen) atoms. The monoisotopic (exact) mass is 358 g/mol. The van der Waals surface area contributed by atoms with Crippen molar-refractivity contribution in [2.45, 2.75) is 16.2 Å². The van der Waals surface area contributed by atoms with Crippen LogP contribution in [-0.4, -0.2) is 28.9 Å². The maximum absolute atomic E-state index is 11.7. The van der Waals surface area contributed by atoms with Crippen LogP contribution in [0.3, 0.4) is 0 Å². The van der Waals surface area contributed by atoms with Gasteiger partial charge in [0.05, 0.1) is 5.75 Å². The maximum Gasteiger partial charge on any atom is 0.230 e. The molecule has 0 aliphatic rings. The highest BCUT2D eigenvalue weighted by atomic mass is 35.5. The Kier molecular flexibility index (Phi) is 6.89. The molecular weight excluding hydrogens is 344 g/mol. The van der Waals surface area contributed by atoms with Gasteiger partial charge in [-0.05, 0) is 31.2 Å². The summed E-state index contributed by atoms with van der Waals surface area (Å²) >= 11 is 10.6. The molecule has 0 saturated carbocycles. The SMILES string of the molecule is Cc1csc(SCC(=O)NCCSc2ccc(Cl)cc2)n1. The summed E-state index contributed by atoms with van der Waals surface area (Å²) in [6.45, 7) is 2.61. The number of carbonyl (C=O) groups is 1. The zero-order valence-corrected chi connectivity index (χ0v) is 14.7. The largest absolute Gasteiger partial charge is 0.355 e. The molecule has 1 heterocycles. The number of halogens is 1. The highest BCUT2D eigenvalue weighted by Gasteiger charge is 2.05. The van der Waals surface area contributed by atoms with E-state index >= 15 is 0 Å². The molecule has 0 fully saturated rings. The molecule has 0 aliphatic heterocycles. The van der Waals surface area contributed by atoms with Gasteiger partial charge >= 0.3 is 0 Å². The number of thiazole rings is 1. The minimum atomic E-state index is 0.0459. The second-order valence-corrected chi connectivity index (χ2v) is 7.88. The van der Waals surface area contributed by atoms with Gasteiger partial charge in [-0.15, -0.1) is 23.1 Å². The van der Waals surface area contributed by atoms with Gasteiger partial charge in [-0.3, -0.25) is 4.79 Å². The van der Waals surface area contributed by atoms with Crippen molar-refractivity contribution in [1.82, 2.24) is 10.3 Å². The average molecular weight is 359 g/mol. The minimum Gasteiger partial charge on any atom is -0.355 e. The summed E-state index contributed by atoms with van der Waals surface area (Å²) in [5, 5.41) is 5.64. The van der Waals surface area contributed by atoms with Crippen LogP contribution >= 0.6 is 46.5 Å². The van der Waals surface area contributed by atoms with Gasteiger partial charge in [0.1, 0.15) is 0 Å². The van der Waals surface area contributed by atoms with E-state index in [1.165, 1.54) is 11.8 Å². The number of nitrogens with zero attached hydrogens (tertiary/aromatic N) is 1. The molecule has 1 aromatic heterocycles. The average Bonchev–Trinajstić information content (AvgIpc) is 2.89. The van der Waals surface area contributed by atoms with Crippen LogP contribution in [0.4, 0.5) is 0 Å². The van der Waals surface area contributed by atoms with E-state index in [1.807, 2.05) is 36.6 Å². The quantitative estimate of drug-likeness (QED) is 0.597. The fourth-order valence-corrected chi connectivity index (χ4v) is 4.04. The number of hydrogen-bond donors (Lipinski definition) is 1. The van der Waals surface area contributed by atoms with Crippen LogP contribution in [-0.2, 0) is 4.79 Å². The van der Waals surface area contributed by atoms with E-state index in [-0.39, 0.29) is 5.91 Å². The highest BCUT2D eigenvalue weighted by molar-refractivity contribution is 8.01. The van der Waals surface area contributed by atoms with Crippen LogP contribution < -0.4 is 5.32 Å². The first kappa shape index (κ1) is 16.7. The molecule has 0 saturated heterocycles. The van der Waals surface area contributed by atoms with Gasteiger partial charge in [-0.25, -0.2) is 4.98 Å². The molecule has 7 heteroatoms. The first-order valence-electron chi connectivity index (χ1n) is 6.33. The number of amides is 1. The second-order valence-electron chi connectivity index (χ2n) is 4.20. The van der Waals surface area contributed by atoms with Crippen molar-refractivity contribution in [3.63, 3.8) is 0 Å². The fourth-order valence-electron chi connectivity index (χ4n) is 1.47. The minimum absolute atomic E-state index is 0.0459. The first-order valence-corrected chi connectivity index (χ1v) is 9.56. The zero-order valence-electron chi connectivity index (χ0n) is 11.5.